The van der Waals surface area contributed by atoms with Crippen LogP contribution in [0.25, 0.3) is 11.1 Å². The van der Waals surface area contributed by atoms with E-state index in [2.05, 4.69) is 10.2 Å². The van der Waals surface area contributed by atoms with Crippen molar-refractivity contribution in [2.75, 3.05) is 28.2 Å². The Morgan fingerprint density at radius 1 is 0.816 bits per heavy atom. The summed E-state index contributed by atoms with van der Waals surface area (Å²) in [5.41, 5.74) is 6.60. The fourth-order valence-corrected chi connectivity index (χ4v) is 5.51. The van der Waals surface area contributed by atoms with E-state index >= 15 is 0 Å². The highest BCUT2D eigenvalue weighted by Gasteiger charge is 2.39. The van der Waals surface area contributed by atoms with Crippen LogP contribution in [-0.4, -0.2) is 42.2 Å². The molecule has 0 radical (unpaired) electrons. The van der Waals surface area contributed by atoms with Crippen LogP contribution in [0.5, 0.6) is 0 Å². The van der Waals surface area contributed by atoms with Crippen LogP contribution in [0.15, 0.2) is 97.1 Å². The van der Waals surface area contributed by atoms with Crippen molar-refractivity contribution in [2.45, 2.75) is 25.5 Å². The van der Waals surface area contributed by atoms with Crippen molar-refractivity contribution in [3.8, 4) is 11.1 Å². The van der Waals surface area contributed by atoms with Crippen LogP contribution >= 0.6 is 0 Å². The van der Waals surface area contributed by atoms with Crippen LogP contribution in [0.4, 0.5) is 17.1 Å². The summed E-state index contributed by atoms with van der Waals surface area (Å²) >= 11 is 0. The normalized spacial score (nSPS) is 18.1. The highest BCUT2D eigenvalue weighted by molar-refractivity contribution is 6.10. The second-order valence-corrected chi connectivity index (χ2v) is 10.0. The first kappa shape index (κ1) is 23.9. The average molecular weight is 504 g/mol. The summed E-state index contributed by atoms with van der Waals surface area (Å²) in [6, 6.07) is 30.6. The predicted molar refractivity (Wildman–Crippen MR) is 151 cm³/mol. The number of benzene rings is 4. The second kappa shape index (κ2) is 9.80. The second-order valence-electron chi connectivity index (χ2n) is 10.0. The molecule has 2 atom stereocenters. The van der Waals surface area contributed by atoms with Gasteiger partial charge >= 0.3 is 0 Å². The number of aliphatic hydroxyl groups excluding tert-OH is 1. The number of hydrogen-bond donors (Lipinski definition) is 2. The summed E-state index contributed by atoms with van der Waals surface area (Å²) in [5, 5.41) is 13.2. The van der Waals surface area contributed by atoms with Gasteiger partial charge in [-0.15, -0.1) is 0 Å². The Kier molecular flexibility index (Phi) is 6.18. The van der Waals surface area contributed by atoms with Gasteiger partial charge in [-0.1, -0.05) is 60.2 Å². The van der Waals surface area contributed by atoms with E-state index in [1.807, 2.05) is 79.7 Å². The van der Waals surface area contributed by atoms with Crippen molar-refractivity contribution >= 4 is 28.9 Å². The molecule has 4 aromatic rings. The zero-order chi connectivity index (χ0) is 26.2. The lowest BCUT2D eigenvalue weighted by molar-refractivity contribution is 0.0982. The molecular weight excluding hydrogens is 474 g/mol. The number of aliphatic hydroxyl groups is 1. The van der Waals surface area contributed by atoms with Crippen molar-refractivity contribution in [1.82, 2.24) is 0 Å². The van der Waals surface area contributed by atoms with E-state index < -0.39 is 0 Å². The van der Waals surface area contributed by atoms with Crippen molar-refractivity contribution in [1.29, 1.82) is 0 Å². The number of nitrogens with one attached hydrogen (secondary N) is 1. The van der Waals surface area contributed by atoms with Gasteiger partial charge in [-0.3, -0.25) is 9.59 Å². The number of aryl methyl sites for hydroxylation is 1. The highest BCUT2D eigenvalue weighted by atomic mass is 16.3. The lowest BCUT2D eigenvalue weighted by Gasteiger charge is -2.40. The Labute approximate surface area is 222 Å². The van der Waals surface area contributed by atoms with Crippen molar-refractivity contribution in [3.63, 3.8) is 0 Å². The minimum atomic E-state index is -0.387. The molecule has 2 amide bonds. The molecule has 38 heavy (non-hydrogen) atoms. The minimum absolute atomic E-state index is 0.0935. The van der Waals surface area contributed by atoms with Crippen LogP contribution in [0, 0.1) is 6.92 Å². The van der Waals surface area contributed by atoms with Crippen LogP contribution < -0.4 is 15.1 Å². The monoisotopic (exact) mass is 503 g/mol. The number of nitrogens with zero attached hydrogens (tertiary/aromatic N) is 2. The van der Waals surface area contributed by atoms with E-state index in [1.165, 1.54) is 0 Å². The van der Waals surface area contributed by atoms with E-state index in [9.17, 15) is 14.7 Å². The number of rotatable bonds is 4. The Morgan fingerprint density at radius 2 is 1.50 bits per heavy atom. The molecule has 2 aliphatic heterocycles. The standard InChI is InChI=1S/C32H29N3O3/c1-21-10-12-22(13-11-21)27-6-2-3-7-28(27)31(37)33-24-16-14-23(15-17-24)32(38)35-19-25-18-26(36)20-34(25)29-8-4-5-9-30(29)35/h2-17,25-26,36H,18-20H2,1H3,(H,33,37)/t25?,26-/m0/s1. The molecule has 0 saturated carbocycles. The number of carbonyl (C=O) groups is 2. The van der Waals surface area contributed by atoms with Gasteiger partial charge in [0.2, 0.25) is 0 Å². The maximum Gasteiger partial charge on any atom is 0.258 e. The molecule has 2 aliphatic rings. The van der Waals surface area contributed by atoms with Gasteiger partial charge in [-0.05, 0) is 66.9 Å². The third-order valence-corrected chi connectivity index (χ3v) is 7.44. The largest absolute Gasteiger partial charge is 0.391 e. The zero-order valence-corrected chi connectivity index (χ0v) is 21.2. The number of anilines is 3. The zero-order valence-electron chi connectivity index (χ0n) is 21.2. The Morgan fingerprint density at radius 3 is 2.26 bits per heavy atom. The van der Waals surface area contributed by atoms with Gasteiger partial charge in [0.05, 0.1) is 17.5 Å². The molecule has 0 bridgehead atoms. The molecule has 1 saturated heterocycles. The number of carbonyl (C=O) groups excluding carboxylic acids is 2. The molecule has 2 heterocycles. The first-order valence-corrected chi connectivity index (χ1v) is 12.9. The molecule has 6 rings (SSSR count). The molecule has 6 nitrogen and oxygen atoms in total. The minimum Gasteiger partial charge on any atom is -0.391 e. The molecule has 0 spiro atoms. The quantitative estimate of drug-likeness (QED) is 0.385. The number of hydrogen-bond acceptors (Lipinski definition) is 4. The van der Waals surface area contributed by atoms with Crippen LogP contribution in [-0.2, 0) is 0 Å². The van der Waals surface area contributed by atoms with E-state index in [4.69, 9.17) is 0 Å². The Balaban J connectivity index is 1.21. The van der Waals surface area contributed by atoms with E-state index in [-0.39, 0.29) is 24.0 Å². The summed E-state index contributed by atoms with van der Waals surface area (Å²) in [5.74, 6) is -0.300. The molecule has 0 aliphatic carbocycles. The third kappa shape index (κ3) is 4.44. The van der Waals surface area contributed by atoms with Gasteiger partial charge < -0.3 is 20.2 Å². The summed E-state index contributed by atoms with van der Waals surface area (Å²) in [7, 11) is 0. The van der Waals surface area contributed by atoms with Gasteiger partial charge in [0.25, 0.3) is 11.8 Å². The SMILES string of the molecule is Cc1ccc(-c2ccccc2C(=O)Nc2ccc(C(=O)N3CC4C[C@H](O)CN4c4ccccc43)cc2)cc1. The topological polar surface area (TPSA) is 72.9 Å². The molecule has 1 unspecified atom stereocenters. The van der Waals surface area contributed by atoms with Gasteiger partial charge in [0.15, 0.2) is 0 Å². The first-order chi connectivity index (χ1) is 18.5. The van der Waals surface area contributed by atoms with Gasteiger partial charge in [0.1, 0.15) is 0 Å². The smallest absolute Gasteiger partial charge is 0.258 e. The number of para-hydroxylation sites is 2. The van der Waals surface area contributed by atoms with Gasteiger partial charge in [0, 0.05) is 35.9 Å². The fraction of sp³-hybridized carbons (Fsp3) is 0.188. The van der Waals surface area contributed by atoms with Crippen molar-refractivity contribution < 1.29 is 14.7 Å². The molecular formula is C32H29N3O3. The Hall–Kier alpha value is -4.42. The predicted octanol–water partition coefficient (Wildman–Crippen LogP) is 5.51. The average Bonchev–Trinajstić information content (AvgIpc) is 3.33. The number of fused-ring (bicyclic) bond motifs is 3. The van der Waals surface area contributed by atoms with Gasteiger partial charge in [-0.25, -0.2) is 0 Å². The number of amides is 2. The fourth-order valence-electron chi connectivity index (χ4n) is 5.51. The molecule has 1 fully saturated rings. The van der Waals surface area contributed by atoms with E-state index in [1.54, 1.807) is 29.2 Å². The molecule has 190 valence electrons. The van der Waals surface area contributed by atoms with Crippen LogP contribution in [0.2, 0.25) is 0 Å². The van der Waals surface area contributed by atoms with Crippen LogP contribution in [0.3, 0.4) is 0 Å². The van der Waals surface area contributed by atoms with E-state index in [0.29, 0.717) is 36.3 Å². The lowest BCUT2D eigenvalue weighted by Crippen LogP contribution is -2.48. The molecule has 2 N–H and O–H groups in total. The van der Waals surface area contributed by atoms with Gasteiger partial charge in [-0.2, -0.15) is 0 Å². The summed E-state index contributed by atoms with van der Waals surface area (Å²) in [6.45, 7) is 3.15. The molecule has 4 aromatic carbocycles. The Bertz CT molecular complexity index is 1500. The highest BCUT2D eigenvalue weighted by Crippen LogP contribution is 2.40. The maximum absolute atomic E-state index is 13.6. The third-order valence-electron chi connectivity index (χ3n) is 7.44. The summed E-state index contributed by atoms with van der Waals surface area (Å²) in [6.07, 6.45) is 0.259. The summed E-state index contributed by atoms with van der Waals surface area (Å²) < 4.78 is 0. The maximum atomic E-state index is 13.6. The molecule has 6 heteroatoms. The van der Waals surface area contributed by atoms with Crippen molar-refractivity contribution in [2.24, 2.45) is 0 Å². The van der Waals surface area contributed by atoms with E-state index in [0.717, 1.165) is 28.1 Å². The lowest BCUT2D eigenvalue weighted by atomic mass is 9.98. The molecule has 0 aromatic heterocycles. The van der Waals surface area contributed by atoms with Crippen LogP contribution in [0.1, 0.15) is 32.7 Å². The first-order valence-electron chi connectivity index (χ1n) is 12.9. The van der Waals surface area contributed by atoms with Crippen molar-refractivity contribution in [3.05, 3.63) is 114 Å². The summed E-state index contributed by atoms with van der Waals surface area (Å²) in [4.78, 5) is 30.8.